The second-order valence-electron chi connectivity index (χ2n) is 3.62. The maximum atomic E-state index is 11.4. The molecule has 1 aliphatic rings. The maximum absolute atomic E-state index is 11.4. The first kappa shape index (κ1) is 14.7. The Hall–Kier alpha value is -1.71. The number of benzene rings is 1. The maximum Gasteiger partial charge on any atom is 0.312 e. The molecule has 0 saturated carbocycles. The summed E-state index contributed by atoms with van der Waals surface area (Å²) in [6.45, 7) is 0. The molecule has 1 aromatic rings. The van der Waals surface area contributed by atoms with Crippen molar-refractivity contribution in [3.05, 3.63) is 32.8 Å². The zero-order valence-electron chi connectivity index (χ0n) is 9.65. The summed E-state index contributed by atoms with van der Waals surface area (Å²) in [5, 5.41) is 25.4. The predicted octanol–water partition coefficient (Wildman–Crippen LogP) is 2.15. The first-order valence-electron chi connectivity index (χ1n) is 5.10. The number of nitro benzene ring substituents is 1. The zero-order valence-corrected chi connectivity index (χ0v) is 12.0. The van der Waals surface area contributed by atoms with E-state index in [4.69, 9.17) is 23.8 Å². The van der Waals surface area contributed by atoms with Crippen LogP contribution < -0.4 is 0 Å². The van der Waals surface area contributed by atoms with E-state index in [1.165, 1.54) is 6.07 Å². The van der Waals surface area contributed by atoms with Gasteiger partial charge in [0.15, 0.2) is 4.32 Å². The molecule has 1 heterocycles. The molecule has 0 aromatic heterocycles. The van der Waals surface area contributed by atoms with E-state index < -0.39 is 16.4 Å². The van der Waals surface area contributed by atoms with Crippen molar-refractivity contribution in [2.45, 2.75) is 0 Å². The molecular weight excluding hydrogens is 326 g/mol. The van der Waals surface area contributed by atoms with E-state index in [1.807, 2.05) is 0 Å². The number of thiocarbonyl (C=S) groups is 1. The second kappa shape index (κ2) is 5.73. The lowest BCUT2D eigenvalue weighted by Crippen LogP contribution is -2.22. The van der Waals surface area contributed by atoms with Crippen LogP contribution in [0.15, 0.2) is 17.2 Å². The van der Waals surface area contributed by atoms with Crippen molar-refractivity contribution in [2.75, 3.05) is 5.75 Å². The Balaban J connectivity index is 2.36. The van der Waals surface area contributed by atoms with E-state index in [-0.39, 0.29) is 26.6 Å². The molecule has 0 atom stereocenters. The van der Waals surface area contributed by atoms with Gasteiger partial charge >= 0.3 is 5.69 Å². The monoisotopic (exact) mass is 331 g/mol. The number of rotatable bonds is 3. The number of carbonyl (C=O) groups is 1. The van der Waals surface area contributed by atoms with Crippen LogP contribution in [0.25, 0.3) is 0 Å². The van der Waals surface area contributed by atoms with Crippen molar-refractivity contribution in [1.29, 1.82) is 0 Å². The van der Waals surface area contributed by atoms with Gasteiger partial charge in [0.25, 0.3) is 5.91 Å². The fraction of sp³-hybridized carbons (Fsp3) is 0.100. The highest BCUT2D eigenvalue weighted by Crippen LogP contribution is 2.32. The number of thioether (sulfide) groups is 1. The Kier molecular flexibility index (Phi) is 4.21. The van der Waals surface area contributed by atoms with E-state index in [9.17, 15) is 20.0 Å². The van der Waals surface area contributed by atoms with Crippen LogP contribution in [0.2, 0.25) is 5.02 Å². The Bertz CT molecular complexity index is 634. The highest BCUT2D eigenvalue weighted by atomic mass is 35.5. The lowest BCUT2D eigenvalue weighted by molar-refractivity contribution is -0.385. The van der Waals surface area contributed by atoms with Gasteiger partial charge in [-0.3, -0.25) is 14.9 Å². The molecule has 0 unspecified atom stereocenters. The Morgan fingerprint density at radius 1 is 1.60 bits per heavy atom. The molecule has 104 valence electrons. The number of carbonyl (C=O) groups excluding carboxylic acids is 1. The number of amides is 1. The quantitative estimate of drug-likeness (QED) is 0.394. The highest BCUT2D eigenvalue weighted by Gasteiger charge is 2.26. The molecule has 1 fully saturated rings. The Labute approximate surface area is 127 Å². The lowest BCUT2D eigenvalue weighted by Gasteiger charge is -2.07. The number of hydrogen-bond acceptors (Lipinski definition) is 7. The predicted molar refractivity (Wildman–Crippen MR) is 79.3 cm³/mol. The molecule has 1 saturated heterocycles. The molecule has 0 spiro atoms. The van der Waals surface area contributed by atoms with Crippen molar-refractivity contribution in [1.82, 2.24) is 5.01 Å². The number of hydrogen-bond donors (Lipinski definition) is 1. The van der Waals surface area contributed by atoms with Crippen molar-refractivity contribution in [2.24, 2.45) is 5.10 Å². The van der Waals surface area contributed by atoms with Gasteiger partial charge in [-0.2, -0.15) is 10.1 Å². The summed E-state index contributed by atoms with van der Waals surface area (Å²) < 4.78 is 0.280. The molecular formula is C10H6ClN3O4S2. The van der Waals surface area contributed by atoms with Crippen LogP contribution in [0.5, 0.6) is 5.75 Å². The molecule has 0 bridgehead atoms. The summed E-state index contributed by atoms with van der Waals surface area (Å²) in [7, 11) is 0. The summed E-state index contributed by atoms with van der Waals surface area (Å²) in [4.78, 5) is 21.4. The van der Waals surface area contributed by atoms with E-state index in [0.717, 1.165) is 29.1 Å². The molecule has 2 rings (SSSR count). The largest absolute Gasteiger partial charge is 0.502 e. The number of halogens is 1. The average Bonchev–Trinajstić information content (AvgIpc) is 2.69. The van der Waals surface area contributed by atoms with Gasteiger partial charge in [0.1, 0.15) is 0 Å². The summed E-state index contributed by atoms with van der Waals surface area (Å²) >= 11 is 11.8. The van der Waals surface area contributed by atoms with Crippen molar-refractivity contribution < 1.29 is 14.8 Å². The Morgan fingerprint density at radius 2 is 2.30 bits per heavy atom. The lowest BCUT2D eigenvalue weighted by atomic mass is 10.2. The molecule has 1 N–H and O–H groups in total. The minimum Gasteiger partial charge on any atom is -0.502 e. The average molecular weight is 332 g/mol. The third-order valence-corrected chi connectivity index (χ3v) is 3.88. The second-order valence-corrected chi connectivity index (χ2v) is 5.67. The smallest absolute Gasteiger partial charge is 0.312 e. The number of aromatic hydroxyl groups is 1. The van der Waals surface area contributed by atoms with Crippen LogP contribution in [0.4, 0.5) is 5.69 Å². The minimum absolute atomic E-state index is 0.0247. The normalized spacial score (nSPS) is 15.3. The van der Waals surface area contributed by atoms with Crippen LogP contribution in [0, 0.1) is 10.1 Å². The molecule has 1 aliphatic heterocycles. The van der Waals surface area contributed by atoms with E-state index in [0.29, 0.717) is 0 Å². The van der Waals surface area contributed by atoms with Crippen molar-refractivity contribution >= 4 is 57.7 Å². The standard InChI is InChI=1S/C10H6ClN3O4S2/c11-6-1-5(9(16)7(2-6)14(17)18)3-12-13-8(15)4-20-10(13)19/h1-3,16H,4H2/b12-3+. The van der Waals surface area contributed by atoms with Crippen LogP contribution >= 0.6 is 35.6 Å². The van der Waals surface area contributed by atoms with Gasteiger partial charge in [-0.05, 0) is 6.07 Å². The van der Waals surface area contributed by atoms with Gasteiger partial charge in [0.05, 0.1) is 16.9 Å². The fourth-order valence-corrected chi connectivity index (χ4v) is 2.61. The van der Waals surface area contributed by atoms with Gasteiger partial charge in [-0.25, -0.2) is 0 Å². The van der Waals surface area contributed by atoms with Crippen LogP contribution in [0.3, 0.4) is 0 Å². The third-order valence-electron chi connectivity index (χ3n) is 2.32. The molecule has 7 nitrogen and oxygen atoms in total. The fourth-order valence-electron chi connectivity index (χ4n) is 1.42. The van der Waals surface area contributed by atoms with Gasteiger partial charge in [-0.1, -0.05) is 35.6 Å². The van der Waals surface area contributed by atoms with Crippen molar-refractivity contribution in [3.63, 3.8) is 0 Å². The SMILES string of the molecule is O=C1CSC(=S)N1/N=C/c1cc(Cl)cc([N+](=O)[O-])c1O. The van der Waals surface area contributed by atoms with Gasteiger partial charge in [0, 0.05) is 16.7 Å². The molecule has 1 amide bonds. The van der Waals surface area contributed by atoms with Crippen molar-refractivity contribution in [3.8, 4) is 5.75 Å². The van der Waals surface area contributed by atoms with Crippen LogP contribution in [-0.4, -0.2) is 37.2 Å². The summed E-state index contributed by atoms with van der Waals surface area (Å²) in [6, 6.07) is 2.32. The summed E-state index contributed by atoms with van der Waals surface area (Å²) in [6.07, 6.45) is 1.10. The summed E-state index contributed by atoms with van der Waals surface area (Å²) in [5.41, 5.74) is -0.514. The van der Waals surface area contributed by atoms with E-state index in [2.05, 4.69) is 5.10 Å². The molecule has 20 heavy (non-hydrogen) atoms. The molecule has 0 radical (unpaired) electrons. The van der Waals surface area contributed by atoms with Gasteiger partial charge in [-0.15, -0.1) is 0 Å². The molecule has 1 aromatic carbocycles. The highest BCUT2D eigenvalue weighted by molar-refractivity contribution is 8.23. The van der Waals surface area contributed by atoms with Crippen LogP contribution in [0.1, 0.15) is 5.56 Å². The minimum atomic E-state index is -0.764. The van der Waals surface area contributed by atoms with Gasteiger partial charge < -0.3 is 5.11 Å². The number of hydrazone groups is 1. The van der Waals surface area contributed by atoms with E-state index in [1.54, 1.807) is 0 Å². The summed E-state index contributed by atoms with van der Waals surface area (Å²) in [5.74, 6) is -0.682. The first-order chi connectivity index (χ1) is 9.40. The Morgan fingerprint density at radius 3 is 2.85 bits per heavy atom. The topological polar surface area (TPSA) is 96.0 Å². The molecule has 10 heteroatoms. The number of phenolic OH excluding ortho intramolecular Hbond substituents is 1. The van der Waals surface area contributed by atoms with E-state index >= 15 is 0 Å². The number of phenols is 1. The zero-order chi connectivity index (χ0) is 14.9. The first-order valence-corrected chi connectivity index (χ1v) is 6.88. The third kappa shape index (κ3) is 2.89. The number of nitrogens with zero attached hydrogens (tertiary/aromatic N) is 3. The number of nitro groups is 1. The molecule has 0 aliphatic carbocycles. The van der Waals surface area contributed by atoms with Crippen LogP contribution in [-0.2, 0) is 4.79 Å². The van der Waals surface area contributed by atoms with Gasteiger partial charge in [0.2, 0.25) is 5.75 Å².